The van der Waals surface area contributed by atoms with Crippen molar-refractivity contribution in [1.82, 2.24) is 5.43 Å². The molecule has 23 heavy (non-hydrogen) atoms. The lowest BCUT2D eigenvalue weighted by Gasteiger charge is -2.09. The van der Waals surface area contributed by atoms with Gasteiger partial charge in [-0.05, 0) is 44.0 Å². The molecule has 2 rings (SSSR count). The van der Waals surface area contributed by atoms with Crippen molar-refractivity contribution in [1.29, 1.82) is 0 Å². The Labute approximate surface area is 135 Å². The van der Waals surface area contributed by atoms with Crippen LogP contribution in [0.3, 0.4) is 0 Å². The quantitative estimate of drug-likeness (QED) is 0.679. The number of benzene rings is 2. The Morgan fingerprint density at radius 2 is 1.96 bits per heavy atom. The van der Waals surface area contributed by atoms with E-state index < -0.39 is 5.91 Å². The lowest BCUT2D eigenvalue weighted by atomic mass is 10.1. The molecule has 0 radical (unpaired) electrons. The third kappa shape index (κ3) is 4.64. The van der Waals surface area contributed by atoms with E-state index in [9.17, 15) is 9.18 Å². The van der Waals surface area contributed by atoms with Crippen LogP contribution < -0.4 is 10.2 Å². The Balaban J connectivity index is 1.94. The van der Waals surface area contributed by atoms with Gasteiger partial charge in [-0.25, -0.2) is 9.82 Å². The molecule has 2 aromatic carbocycles. The first-order chi connectivity index (χ1) is 11.0. The second kappa shape index (κ2) is 7.54. The molecule has 0 fully saturated rings. The molecule has 0 aliphatic rings. The van der Waals surface area contributed by atoms with Crippen LogP contribution in [0.1, 0.15) is 23.6 Å². The van der Waals surface area contributed by atoms with Crippen LogP contribution in [-0.4, -0.2) is 18.2 Å². The van der Waals surface area contributed by atoms with Gasteiger partial charge in [0.2, 0.25) is 0 Å². The summed E-state index contributed by atoms with van der Waals surface area (Å²) in [5.74, 6) is -0.119. The Morgan fingerprint density at radius 3 is 2.70 bits per heavy atom. The first-order valence-electron chi connectivity index (χ1n) is 7.25. The van der Waals surface area contributed by atoms with Gasteiger partial charge in [0.15, 0.2) is 6.61 Å². The molecule has 0 aromatic heterocycles. The maximum Gasteiger partial charge on any atom is 0.277 e. The molecule has 1 N–H and O–H groups in total. The number of ether oxygens (including phenoxy) is 1. The molecule has 4 nitrogen and oxygen atoms in total. The molecule has 120 valence electrons. The molecule has 5 heteroatoms. The lowest BCUT2D eigenvalue weighted by molar-refractivity contribution is -0.123. The second-order valence-corrected chi connectivity index (χ2v) is 5.27. The Morgan fingerprint density at radius 1 is 1.22 bits per heavy atom. The number of nitrogens with zero attached hydrogens (tertiary/aromatic N) is 1. The SMILES string of the molecule is C/C(=N\NC(=O)COc1cc(C)ccc1C)c1ccccc1F. The highest BCUT2D eigenvalue weighted by Crippen LogP contribution is 2.18. The number of carbonyl (C=O) groups excluding carboxylic acids is 1. The van der Waals surface area contributed by atoms with Gasteiger partial charge >= 0.3 is 0 Å². The van der Waals surface area contributed by atoms with Crippen molar-refractivity contribution in [3.05, 3.63) is 65.0 Å². The number of hydrogen-bond donors (Lipinski definition) is 1. The summed E-state index contributed by atoms with van der Waals surface area (Å²) in [6.45, 7) is 5.34. The molecule has 0 aliphatic heterocycles. The first-order valence-corrected chi connectivity index (χ1v) is 7.25. The van der Waals surface area contributed by atoms with E-state index >= 15 is 0 Å². The highest BCUT2D eigenvalue weighted by atomic mass is 19.1. The number of nitrogens with one attached hydrogen (secondary N) is 1. The smallest absolute Gasteiger partial charge is 0.277 e. The monoisotopic (exact) mass is 314 g/mol. The molecule has 0 bridgehead atoms. The van der Waals surface area contributed by atoms with Crippen LogP contribution in [0.25, 0.3) is 0 Å². The summed E-state index contributed by atoms with van der Waals surface area (Å²) >= 11 is 0. The number of halogens is 1. The summed E-state index contributed by atoms with van der Waals surface area (Å²) in [5.41, 5.74) is 5.12. The van der Waals surface area contributed by atoms with Crippen molar-refractivity contribution in [2.24, 2.45) is 5.10 Å². The van der Waals surface area contributed by atoms with Crippen molar-refractivity contribution in [2.75, 3.05) is 6.61 Å². The minimum absolute atomic E-state index is 0.154. The topological polar surface area (TPSA) is 50.7 Å². The van der Waals surface area contributed by atoms with Gasteiger partial charge in [-0.3, -0.25) is 4.79 Å². The Kier molecular flexibility index (Phi) is 5.46. The maximum absolute atomic E-state index is 13.6. The first kappa shape index (κ1) is 16.7. The molecule has 2 aromatic rings. The fourth-order valence-corrected chi connectivity index (χ4v) is 2.00. The minimum atomic E-state index is -0.401. The van der Waals surface area contributed by atoms with Gasteiger partial charge in [0.05, 0.1) is 5.71 Å². The number of amides is 1. The zero-order chi connectivity index (χ0) is 16.8. The molecule has 0 unspecified atom stereocenters. The summed E-state index contributed by atoms with van der Waals surface area (Å²) in [5, 5.41) is 3.90. The average molecular weight is 314 g/mol. The van der Waals surface area contributed by atoms with Gasteiger partial charge in [0.25, 0.3) is 5.91 Å². The van der Waals surface area contributed by atoms with Crippen molar-refractivity contribution in [3.63, 3.8) is 0 Å². The summed E-state index contributed by atoms with van der Waals surface area (Å²) in [6.07, 6.45) is 0. The van der Waals surface area contributed by atoms with E-state index in [0.717, 1.165) is 11.1 Å². The second-order valence-electron chi connectivity index (χ2n) is 5.27. The van der Waals surface area contributed by atoms with Crippen LogP contribution in [0, 0.1) is 19.7 Å². The zero-order valence-corrected chi connectivity index (χ0v) is 13.4. The predicted molar refractivity (Wildman–Crippen MR) is 88.2 cm³/mol. The average Bonchev–Trinajstić information content (AvgIpc) is 2.54. The summed E-state index contributed by atoms with van der Waals surface area (Å²) in [6, 6.07) is 12.0. The van der Waals surface area contributed by atoms with Crippen LogP contribution in [0.2, 0.25) is 0 Å². The lowest BCUT2D eigenvalue weighted by Crippen LogP contribution is -2.26. The largest absolute Gasteiger partial charge is 0.483 e. The fraction of sp³-hybridized carbons (Fsp3) is 0.222. The minimum Gasteiger partial charge on any atom is -0.483 e. The summed E-state index contributed by atoms with van der Waals surface area (Å²) in [4.78, 5) is 11.8. The van der Waals surface area contributed by atoms with Gasteiger partial charge in [0.1, 0.15) is 11.6 Å². The van der Waals surface area contributed by atoms with Gasteiger partial charge in [-0.1, -0.05) is 30.3 Å². The molecule has 0 atom stereocenters. The normalized spacial score (nSPS) is 11.2. The van der Waals surface area contributed by atoms with Gasteiger partial charge in [0, 0.05) is 5.56 Å². The van der Waals surface area contributed by atoms with Crippen LogP contribution in [-0.2, 0) is 4.79 Å². The van der Waals surface area contributed by atoms with Crippen molar-refractivity contribution >= 4 is 11.6 Å². The molecular formula is C18H19FN2O2. The van der Waals surface area contributed by atoms with E-state index in [1.807, 2.05) is 32.0 Å². The van der Waals surface area contributed by atoms with E-state index in [-0.39, 0.29) is 12.4 Å². The zero-order valence-electron chi connectivity index (χ0n) is 13.4. The Bertz CT molecular complexity index is 742. The van der Waals surface area contributed by atoms with E-state index in [1.54, 1.807) is 25.1 Å². The van der Waals surface area contributed by atoms with E-state index in [0.29, 0.717) is 17.0 Å². The molecule has 1 amide bonds. The number of rotatable bonds is 5. The Hall–Kier alpha value is -2.69. The number of carbonyl (C=O) groups is 1. The highest BCUT2D eigenvalue weighted by Gasteiger charge is 2.07. The molecule has 0 saturated carbocycles. The molecule has 0 heterocycles. The molecule has 0 saturated heterocycles. The number of hydrogen-bond acceptors (Lipinski definition) is 3. The van der Waals surface area contributed by atoms with Crippen molar-refractivity contribution in [2.45, 2.75) is 20.8 Å². The van der Waals surface area contributed by atoms with E-state index in [4.69, 9.17) is 4.74 Å². The molecule has 0 spiro atoms. The van der Waals surface area contributed by atoms with Gasteiger partial charge in [-0.2, -0.15) is 5.10 Å². The van der Waals surface area contributed by atoms with Crippen molar-refractivity contribution < 1.29 is 13.9 Å². The summed E-state index contributed by atoms with van der Waals surface area (Å²) < 4.78 is 19.1. The third-order valence-electron chi connectivity index (χ3n) is 3.31. The van der Waals surface area contributed by atoms with Crippen LogP contribution >= 0.6 is 0 Å². The van der Waals surface area contributed by atoms with Gasteiger partial charge in [-0.15, -0.1) is 0 Å². The van der Waals surface area contributed by atoms with Crippen LogP contribution in [0.4, 0.5) is 4.39 Å². The van der Waals surface area contributed by atoms with E-state index in [1.165, 1.54) is 6.07 Å². The predicted octanol–water partition coefficient (Wildman–Crippen LogP) is 3.36. The highest BCUT2D eigenvalue weighted by molar-refractivity contribution is 5.99. The van der Waals surface area contributed by atoms with Crippen molar-refractivity contribution in [3.8, 4) is 5.75 Å². The van der Waals surface area contributed by atoms with E-state index in [2.05, 4.69) is 10.5 Å². The third-order valence-corrected chi connectivity index (χ3v) is 3.31. The molecule has 0 aliphatic carbocycles. The summed E-state index contributed by atoms with van der Waals surface area (Å²) in [7, 11) is 0. The number of hydrazone groups is 1. The van der Waals surface area contributed by atoms with Gasteiger partial charge < -0.3 is 4.74 Å². The number of aryl methyl sites for hydroxylation is 2. The standard InChI is InChI=1S/C18H19FN2O2/c1-12-8-9-13(2)17(10-12)23-11-18(22)21-20-14(3)15-6-4-5-7-16(15)19/h4-10H,11H2,1-3H3,(H,21,22)/b20-14+. The van der Waals surface area contributed by atoms with Crippen LogP contribution in [0.15, 0.2) is 47.6 Å². The fourth-order valence-electron chi connectivity index (χ4n) is 2.00. The van der Waals surface area contributed by atoms with Crippen LogP contribution in [0.5, 0.6) is 5.75 Å². The molecular weight excluding hydrogens is 295 g/mol. The maximum atomic E-state index is 13.6.